The van der Waals surface area contributed by atoms with Crippen LogP contribution in [-0.2, 0) is 0 Å². The number of benzene rings is 1. The second-order valence-electron chi connectivity index (χ2n) is 5.18. The van der Waals surface area contributed by atoms with E-state index in [1.54, 1.807) is 4.90 Å². The number of amides is 1. The van der Waals surface area contributed by atoms with Crippen molar-refractivity contribution in [2.45, 2.75) is 18.9 Å². The van der Waals surface area contributed by atoms with Gasteiger partial charge in [-0.1, -0.05) is 6.07 Å². The fourth-order valence-corrected chi connectivity index (χ4v) is 2.47. The van der Waals surface area contributed by atoms with E-state index >= 15 is 0 Å². The minimum Gasteiger partial charge on any atom is -0.507 e. The van der Waals surface area contributed by atoms with Gasteiger partial charge in [0, 0.05) is 19.1 Å². The Labute approximate surface area is 113 Å². The molecule has 1 aliphatic heterocycles. The average Bonchev–Trinajstić information content (AvgIpc) is 2.38. The highest BCUT2D eigenvalue weighted by molar-refractivity contribution is 5.99. The Kier molecular flexibility index (Phi) is 3.95. The normalized spacial score (nSPS) is 19.7. The molecule has 0 bridgehead atoms. The zero-order valence-electron chi connectivity index (χ0n) is 11.3. The molecule has 0 spiro atoms. The van der Waals surface area contributed by atoms with E-state index in [9.17, 15) is 15.0 Å². The number of piperidine rings is 1. The van der Waals surface area contributed by atoms with Crippen LogP contribution in [0, 0.1) is 0 Å². The van der Waals surface area contributed by atoms with Gasteiger partial charge in [-0.25, -0.2) is 0 Å². The van der Waals surface area contributed by atoms with E-state index in [2.05, 4.69) is 4.90 Å². The molecule has 1 aromatic carbocycles. The summed E-state index contributed by atoms with van der Waals surface area (Å²) in [6.45, 7) is 1.29. The Hall–Kier alpha value is -1.75. The van der Waals surface area contributed by atoms with Gasteiger partial charge in [0.25, 0.3) is 5.91 Å². The minimum absolute atomic E-state index is 0.00176. The maximum Gasteiger partial charge on any atom is 0.261 e. The fourth-order valence-electron chi connectivity index (χ4n) is 2.47. The fraction of sp³-hybridized carbons (Fsp3) is 0.500. The van der Waals surface area contributed by atoms with Crippen molar-refractivity contribution < 1.29 is 15.0 Å². The lowest BCUT2D eigenvalue weighted by molar-refractivity contribution is 0.0629. The van der Waals surface area contributed by atoms with Crippen molar-refractivity contribution in [1.82, 2.24) is 9.80 Å². The second-order valence-corrected chi connectivity index (χ2v) is 5.18. The van der Waals surface area contributed by atoms with Crippen LogP contribution in [0.1, 0.15) is 23.2 Å². The Morgan fingerprint density at radius 3 is 2.53 bits per heavy atom. The van der Waals surface area contributed by atoms with Gasteiger partial charge in [-0.2, -0.15) is 0 Å². The molecule has 1 amide bonds. The van der Waals surface area contributed by atoms with Crippen LogP contribution in [-0.4, -0.2) is 59.1 Å². The molecular formula is C14H20N2O3. The van der Waals surface area contributed by atoms with Crippen LogP contribution in [0.4, 0.5) is 0 Å². The summed E-state index contributed by atoms with van der Waals surface area (Å²) >= 11 is 0. The molecule has 1 aliphatic rings. The molecule has 19 heavy (non-hydrogen) atoms. The van der Waals surface area contributed by atoms with Gasteiger partial charge < -0.3 is 20.0 Å². The third-order valence-corrected chi connectivity index (χ3v) is 3.65. The number of rotatable bonds is 2. The summed E-state index contributed by atoms with van der Waals surface area (Å²) in [4.78, 5) is 16.2. The predicted octanol–water partition coefficient (Wildman–Crippen LogP) is 1.26. The van der Waals surface area contributed by atoms with Crippen LogP contribution in [0.3, 0.4) is 0 Å². The summed E-state index contributed by atoms with van der Waals surface area (Å²) < 4.78 is 0. The first-order valence-corrected chi connectivity index (χ1v) is 6.47. The van der Waals surface area contributed by atoms with Gasteiger partial charge in [0.05, 0.1) is 0 Å². The summed E-state index contributed by atoms with van der Waals surface area (Å²) in [7, 11) is 3.99. The first-order valence-electron chi connectivity index (χ1n) is 6.47. The molecule has 1 heterocycles. The van der Waals surface area contributed by atoms with Crippen LogP contribution < -0.4 is 0 Å². The zero-order valence-corrected chi connectivity index (χ0v) is 11.3. The van der Waals surface area contributed by atoms with E-state index in [1.165, 1.54) is 18.2 Å². The molecule has 5 heteroatoms. The van der Waals surface area contributed by atoms with Gasteiger partial charge >= 0.3 is 0 Å². The number of phenols is 2. The summed E-state index contributed by atoms with van der Waals surface area (Å²) in [6, 6.07) is 4.67. The van der Waals surface area contributed by atoms with Gasteiger partial charge in [-0.3, -0.25) is 4.79 Å². The number of phenolic OH excluding ortho intramolecular Hbond substituents is 2. The van der Waals surface area contributed by atoms with Gasteiger partial charge in [0.1, 0.15) is 17.1 Å². The number of likely N-dealkylation sites (N-methyl/N-ethyl adjacent to an activating group) is 1. The first-order chi connectivity index (χ1) is 9.00. The summed E-state index contributed by atoms with van der Waals surface area (Å²) in [5, 5.41) is 19.5. The molecule has 0 aromatic heterocycles. The summed E-state index contributed by atoms with van der Waals surface area (Å²) in [5.74, 6) is -0.642. The standard InChI is InChI=1S/C14H20N2O3/c1-15(2)10-5-4-8-16(9-10)14(19)13-11(17)6-3-7-12(13)18/h3,6-7,10,17-18H,4-5,8-9H2,1-2H3. The smallest absolute Gasteiger partial charge is 0.261 e. The Morgan fingerprint density at radius 1 is 1.32 bits per heavy atom. The third kappa shape index (κ3) is 2.81. The van der Waals surface area contributed by atoms with E-state index in [1.807, 2.05) is 14.1 Å². The van der Waals surface area contributed by atoms with E-state index in [-0.39, 0.29) is 23.0 Å². The van der Waals surface area contributed by atoms with Crippen molar-refractivity contribution in [1.29, 1.82) is 0 Å². The number of hydrogen-bond donors (Lipinski definition) is 2. The van der Waals surface area contributed by atoms with Crippen LogP contribution >= 0.6 is 0 Å². The van der Waals surface area contributed by atoms with Crippen LogP contribution in [0.25, 0.3) is 0 Å². The van der Waals surface area contributed by atoms with Gasteiger partial charge in [-0.15, -0.1) is 0 Å². The van der Waals surface area contributed by atoms with E-state index in [0.29, 0.717) is 19.1 Å². The van der Waals surface area contributed by atoms with E-state index in [0.717, 1.165) is 12.8 Å². The Morgan fingerprint density at radius 2 is 1.95 bits per heavy atom. The molecule has 0 aliphatic carbocycles. The summed E-state index contributed by atoms with van der Waals surface area (Å²) in [5.41, 5.74) is 0.00176. The molecular weight excluding hydrogens is 244 g/mol. The first kappa shape index (κ1) is 13.7. The molecule has 0 radical (unpaired) electrons. The van der Waals surface area contributed by atoms with Gasteiger partial charge in [-0.05, 0) is 39.1 Å². The van der Waals surface area contributed by atoms with Gasteiger partial charge in [0.2, 0.25) is 0 Å². The molecule has 5 nitrogen and oxygen atoms in total. The molecule has 1 unspecified atom stereocenters. The second kappa shape index (κ2) is 5.48. The molecule has 1 saturated heterocycles. The predicted molar refractivity (Wildman–Crippen MR) is 72.4 cm³/mol. The van der Waals surface area contributed by atoms with Crippen molar-refractivity contribution >= 4 is 5.91 Å². The number of carbonyl (C=O) groups excluding carboxylic acids is 1. The lowest BCUT2D eigenvalue weighted by Gasteiger charge is -2.36. The van der Waals surface area contributed by atoms with Crippen molar-refractivity contribution in [3.63, 3.8) is 0 Å². The lowest BCUT2D eigenvalue weighted by atomic mass is 10.0. The van der Waals surface area contributed by atoms with E-state index < -0.39 is 0 Å². The topological polar surface area (TPSA) is 64.0 Å². The van der Waals surface area contributed by atoms with Crippen molar-refractivity contribution in [3.8, 4) is 11.5 Å². The van der Waals surface area contributed by atoms with Crippen LogP contribution in [0.15, 0.2) is 18.2 Å². The largest absolute Gasteiger partial charge is 0.507 e. The van der Waals surface area contributed by atoms with Crippen molar-refractivity contribution in [2.24, 2.45) is 0 Å². The molecule has 1 aromatic rings. The Bertz CT molecular complexity index is 454. The highest BCUT2D eigenvalue weighted by Crippen LogP contribution is 2.28. The molecule has 2 N–H and O–H groups in total. The number of carbonyl (C=O) groups is 1. The maximum atomic E-state index is 12.4. The van der Waals surface area contributed by atoms with Gasteiger partial charge in [0.15, 0.2) is 0 Å². The highest BCUT2D eigenvalue weighted by Gasteiger charge is 2.28. The summed E-state index contributed by atoms with van der Waals surface area (Å²) in [6.07, 6.45) is 1.99. The number of nitrogens with zero attached hydrogens (tertiary/aromatic N) is 2. The Balaban J connectivity index is 2.20. The molecule has 1 fully saturated rings. The molecule has 1 atom stereocenters. The quantitative estimate of drug-likeness (QED) is 0.844. The zero-order chi connectivity index (χ0) is 14.0. The molecule has 104 valence electrons. The lowest BCUT2D eigenvalue weighted by Crippen LogP contribution is -2.47. The molecule has 0 saturated carbocycles. The van der Waals surface area contributed by atoms with Crippen LogP contribution in [0.2, 0.25) is 0 Å². The monoisotopic (exact) mass is 264 g/mol. The number of likely N-dealkylation sites (tertiary alicyclic amines) is 1. The number of aromatic hydroxyl groups is 2. The highest BCUT2D eigenvalue weighted by atomic mass is 16.3. The minimum atomic E-state index is -0.304. The van der Waals surface area contributed by atoms with E-state index in [4.69, 9.17) is 0 Å². The van der Waals surface area contributed by atoms with Crippen molar-refractivity contribution in [2.75, 3.05) is 27.2 Å². The molecule has 2 rings (SSSR count). The third-order valence-electron chi connectivity index (χ3n) is 3.65. The maximum absolute atomic E-state index is 12.4. The average molecular weight is 264 g/mol. The number of hydrogen-bond acceptors (Lipinski definition) is 4. The van der Waals surface area contributed by atoms with Crippen LogP contribution in [0.5, 0.6) is 11.5 Å². The SMILES string of the molecule is CN(C)C1CCCN(C(=O)c2c(O)cccc2O)C1. The van der Waals surface area contributed by atoms with Crippen molar-refractivity contribution in [3.05, 3.63) is 23.8 Å².